The molecule has 2 rings (SSSR count). The molecule has 2 atom stereocenters. The lowest BCUT2D eigenvalue weighted by atomic mass is 10.1. The molecule has 2 unspecified atom stereocenters. The Morgan fingerprint density at radius 3 is 2.79 bits per heavy atom. The zero-order chi connectivity index (χ0) is 13.5. The Labute approximate surface area is 113 Å². The third-order valence-corrected chi connectivity index (χ3v) is 3.43. The van der Waals surface area contributed by atoms with Crippen LogP contribution >= 0.6 is 0 Å². The Hall–Kier alpha value is -1.55. The normalized spacial score (nSPS) is 23.4. The maximum absolute atomic E-state index is 11.7. The average molecular weight is 263 g/mol. The van der Waals surface area contributed by atoms with Crippen LogP contribution in [0.5, 0.6) is 0 Å². The fourth-order valence-corrected chi connectivity index (χ4v) is 2.40. The Bertz CT molecular complexity index is 394. The van der Waals surface area contributed by atoms with Crippen LogP contribution < -0.4 is 5.32 Å². The monoisotopic (exact) mass is 263 g/mol. The SMILES string of the molecule is O=C(NC1CCCCC(O)C1)OCc1ccccc1. The summed E-state index contributed by atoms with van der Waals surface area (Å²) in [6.07, 6.45) is 3.73. The number of hydrogen-bond acceptors (Lipinski definition) is 3. The molecule has 0 aliphatic heterocycles. The number of carbonyl (C=O) groups is 1. The summed E-state index contributed by atoms with van der Waals surface area (Å²) < 4.78 is 5.18. The number of benzene rings is 1. The van der Waals surface area contributed by atoms with Gasteiger partial charge in [0, 0.05) is 6.04 Å². The van der Waals surface area contributed by atoms with Crippen LogP contribution in [0.3, 0.4) is 0 Å². The molecule has 0 radical (unpaired) electrons. The first-order chi connectivity index (χ1) is 9.24. The van der Waals surface area contributed by atoms with Crippen molar-refractivity contribution < 1.29 is 14.6 Å². The molecule has 1 aromatic rings. The van der Waals surface area contributed by atoms with Gasteiger partial charge in [-0.1, -0.05) is 43.2 Å². The molecule has 1 amide bonds. The van der Waals surface area contributed by atoms with Gasteiger partial charge in [-0.3, -0.25) is 0 Å². The van der Waals surface area contributed by atoms with Gasteiger partial charge in [0.1, 0.15) is 6.61 Å². The molecule has 4 heteroatoms. The lowest BCUT2D eigenvalue weighted by Crippen LogP contribution is -2.36. The van der Waals surface area contributed by atoms with Gasteiger partial charge < -0.3 is 15.2 Å². The third kappa shape index (κ3) is 4.91. The van der Waals surface area contributed by atoms with Gasteiger partial charge in [0.05, 0.1) is 6.10 Å². The Morgan fingerprint density at radius 2 is 2.00 bits per heavy atom. The van der Waals surface area contributed by atoms with Crippen molar-refractivity contribution in [3.05, 3.63) is 35.9 Å². The molecule has 104 valence electrons. The lowest BCUT2D eigenvalue weighted by molar-refractivity contribution is 0.123. The molecule has 1 aliphatic rings. The van der Waals surface area contributed by atoms with Gasteiger partial charge in [-0.15, -0.1) is 0 Å². The minimum atomic E-state index is -0.400. The van der Waals surface area contributed by atoms with Gasteiger partial charge in [-0.25, -0.2) is 4.79 Å². The van der Waals surface area contributed by atoms with Crippen LogP contribution in [-0.4, -0.2) is 23.3 Å². The number of alkyl carbamates (subject to hydrolysis) is 1. The van der Waals surface area contributed by atoms with Crippen molar-refractivity contribution in [2.24, 2.45) is 0 Å². The quantitative estimate of drug-likeness (QED) is 0.824. The summed E-state index contributed by atoms with van der Waals surface area (Å²) in [4.78, 5) is 11.7. The maximum Gasteiger partial charge on any atom is 0.407 e. The zero-order valence-corrected chi connectivity index (χ0v) is 11.0. The molecule has 2 N–H and O–H groups in total. The second kappa shape index (κ2) is 7.14. The molecule has 0 saturated heterocycles. The number of nitrogens with one attached hydrogen (secondary N) is 1. The summed E-state index contributed by atoms with van der Waals surface area (Å²) in [5.74, 6) is 0. The Kier molecular flexibility index (Phi) is 5.21. The highest BCUT2D eigenvalue weighted by molar-refractivity contribution is 5.67. The molecule has 1 saturated carbocycles. The van der Waals surface area contributed by atoms with Gasteiger partial charge in [-0.2, -0.15) is 0 Å². The third-order valence-electron chi connectivity index (χ3n) is 3.43. The molecule has 0 spiro atoms. The lowest BCUT2D eigenvalue weighted by Gasteiger charge is -2.18. The largest absolute Gasteiger partial charge is 0.445 e. The van der Waals surface area contributed by atoms with Gasteiger partial charge in [0.25, 0.3) is 0 Å². The summed E-state index contributed by atoms with van der Waals surface area (Å²) in [6.45, 7) is 0.280. The van der Waals surface area contributed by atoms with E-state index in [0.717, 1.165) is 31.2 Å². The van der Waals surface area contributed by atoms with E-state index in [1.54, 1.807) is 0 Å². The van der Waals surface area contributed by atoms with Gasteiger partial charge in [0.2, 0.25) is 0 Å². The van der Waals surface area contributed by atoms with Gasteiger partial charge >= 0.3 is 6.09 Å². The van der Waals surface area contributed by atoms with E-state index in [9.17, 15) is 9.90 Å². The first-order valence-electron chi connectivity index (χ1n) is 6.89. The smallest absolute Gasteiger partial charge is 0.407 e. The Morgan fingerprint density at radius 1 is 1.26 bits per heavy atom. The molecule has 0 bridgehead atoms. The van der Waals surface area contributed by atoms with Crippen molar-refractivity contribution in [3.63, 3.8) is 0 Å². The highest BCUT2D eigenvalue weighted by Crippen LogP contribution is 2.18. The van der Waals surface area contributed by atoms with Crippen LogP contribution in [0.15, 0.2) is 30.3 Å². The van der Waals surface area contributed by atoms with Crippen LogP contribution in [0.25, 0.3) is 0 Å². The fraction of sp³-hybridized carbons (Fsp3) is 0.533. The van der Waals surface area contributed by atoms with Crippen molar-refractivity contribution in [1.29, 1.82) is 0 Å². The summed E-state index contributed by atoms with van der Waals surface area (Å²) in [5, 5.41) is 12.5. The number of carbonyl (C=O) groups excluding carboxylic acids is 1. The van der Waals surface area contributed by atoms with E-state index in [1.165, 1.54) is 0 Å². The standard InChI is InChI=1S/C15H21NO3/c17-14-9-5-4-8-13(10-14)16-15(18)19-11-12-6-2-1-3-7-12/h1-3,6-7,13-14,17H,4-5,8-11H2,(H,16,18). The number of amides is 1. The van der Waals surface area contributed by atoms with E-state index >= 15 is 0 Å². The van der Waals surface area contributed by atoms with E-state index in [0.29, 0.717) is 6.42 Å². The number of ether oxygens (including phenoxy) is 1. The predicted octanol–water partition coefficient (Wildman–Crippen LogP) is 2.61. The van der Waals surface area contributed by atoms with Crippen LogP contribution in [0.2, 0.25) is 0 Å². The first-order valence-corrected chi connectivity index (χ1v) is 6.89. The van der Waals surface area contributed by atoms with Crippen LogP contribution in [0, 0.1) is 0 Å². The van der Waals surface area contributed by atoms with Gasteiger partial charge in [-0.05, 0) is 24.8 Å². The van der Waals surface area contributed by atoms with Gasteiger partial charge in [0.15, 0.2) is 0 Å². The molecular formula is C15H21NO3. The number of aliphatic hydroxyl groups excluding tert-OH is 1. The van der Waals surface area contributed by atoms with Crippen molar-refractivity contribution in [2.75, 3.05) is 0 Å². The van der Waals surface area contributed by atoms with E-state index in [4.69, 9.17) is 4.74 Å². The molecule has 4 nitrogen and oxygen atoms in total. The molecule has 1 fully saturated rings. The van der Waals surface area contributed by atoms with Crippen LogP contribution in [-0.2, 0) is 11.3 Å². The average Bonchev–Trinajstić information content (AvgIpc) is 2.62. The second-order valence-electron chi connectivity index (χ2n) is 5.08. The van der Waals surface area contributed by atoms with Crippen LogP contribution in [0.4, 0.5) is 4.79 Å². The topological polar surface area (TPSA) is 58.6 Å². The van der Waals surface area contributed by atoms with Crippen molar-refractivity contribution in [1.82, 2.24) is 5.32 Å². The predicted molar refractivity (Wildman–Crippen MR) is 72.6 cm³/mol. The summed E-state index contributed by atoms with van der Waals surface area (Å²) >= 11 is 0. The highest BCUT2D eigenvalue weighted by atomic mass is 16.5. The van der Waals surface area contributed by atoms with Crippen molar-refractivity contribution >= 4 is 6.09 Å². The van der Waals surface area contributed by atoms with Crippen molar-refractivity contribution in [3.8, 4) is 0 Å². The summed E-state index contributed by atoms with van der Waals surface area (Å²) in [6, 6.07) is 9.62. The minimum absolute atomic E-state index is 0.0285. The number of hydrogen-bond donors (Lipinski definition) is 2. The fourth-order valence-electron chi connectivity index (χ4n) is 2.40. The first kappa shape index (κ1) is 13.9. The van der Waals surface area contributed by atoms with Crippen molar-refractivity contribution in [2.45, 2.75) is 50.9 Å². The maximum atomic E-state index is 11.7. The van der Waals surface area contributed by atoms with E-state index in [1.807, 2.05) is 30.3 Å². The molecule has 1 aliphatic carbocycles. The summed E-state index contributed by atoms with van der Waals surface area (Å²) in [5.41, 5.74) is 0.971. The molecular weight excluding hydrogens is 242 g/mol. The second-order valence-corrected chi connectivity index (χ2v) is 5.08. The minimum Gasteiger partial charge on any atom is -0.445 e. The van der Waals surface area contributed by atoms with E-state index in [2.05, 4.69) is 5.32 Å². The Balaban J connectivity index is 1.74. The van der Waals surface area contributed by atoms with Crippen LogP contribution in [0.1, 0.15) is 37.7 Å². The molecule has 19 heavy (non-hydrogen) atoms. The molecule has 1 aromatic carbocycles. The zero-order valence-electron chi connectivity index (χ0n) is 11.0. The van der Waals surface area contributed by atoms with E-state index in [-0.39, 0.29) is 18.8 Å². The molecule has 0 aromatic heterocycles. The highest BCUT2D eigenvalue weighted by Gasteiger charge is 2.20. The van der Waals surface area contributed by atoms with E-state index < -0.39 is 6.09 Å². The molecule has 0 heterocycles. The number of rotatable bonds is 3. The summed E-state index contributed by atoms with van der Waals surface area (Å²) in [7, 11) is 0. The number of aliphatic hydroxyl groups is 1.